The minimum absolute atomic E-state index is 0.0263. The van der Waals surface area contributed by atoms with Gasteiger partial charge >= 0.3 is 0 Å². The third kappa shape index (κ3) is 3.89. The Hall–Kier alpha value is -1.27. The third-order valence-corrected chi connectivity index (χ3v) is 3.98. The fourth-order valence-electron chi connectivity index (χ4n) is 2.20. The van der Waals surface area contributed by atoms with Gasteiger partial charge in [0.1, 0.15) is 13.2 Å². The summed E-state index contributed by atoms with van der Waals surface area (Å²) in [6.07, 6.45) is 0. The van der Waals surface area contributed by atoms with Gasteiger partial charge in [0.05, 0.1) is 9.89 Å². The van der Waals surface area contributed by atoms with E-state index in [0.717, 1.165) is 21.5 Å². The van der Waals surface area contributed by atoms with Crippen molar-refractivity contribution in [3.8, 4) is 11.5 Å². The molecule has 1 amide bonds. The summed E-state index contributed by atoms with van der Waals surface area (Å²) in [7, 11) is 1.65. The lowest BCUT2D eigenvalue weighted by atomic mass is 9.92. The van der Waals surface area contributed by atoms with Gasteiger partial charge in [-0.15, -0.1) is 0 Å². The van der Waals surface area contributed by atoms with Crippen molar-refractivity contribution in [1.29, 1.82) is 0 Å². The van der Waals surface area contributed by atoms with E-state index in [1.807, 2.05) is 26.0 Å². The molecule has 2 N–H and O–H groups in total. The first kappa shape index (κ1) is 16.1. The SMILES string of the molecule is CNC(=O)C(C)(C)CNCc1cc(Br)c2c(c1)OCCO2. The van der Waals surface area contributed by atoms with Crippen LogP contribution in [0, 0.1) is 5.41 Å². The molecule has 0 aromatic heterocycles. The molecule has 6 heteroatoms. The number of hydrogen-bond donors (Lipinski definition) is 2. The summed E-state index contributed by atoms with van der Waals surface area (Å²) in [5.41, 5.74) is 0.638. The second-order valence-electron chi connectivity index (χ2n) is 5.67. The molecule has 2 rings (SSSR count). The van der Waals surface area contributed by atoms with Crippen molar-refractivity contribution in [2.24, 2.45) is 5.41 Å². The number of fused-ring (bicyclic) bond motifs is 1. The van der Waals surface area contributed by atoms with Crippen molar-refractivity contribution in [3.63, 3.8) is 0 Å². The van der Waals surface area contributed by atoms with Crippen LogP contribution in [0.5, 0.6) is 11.5 Å². The van der Waals surface area contributed by atoms with E-state index in [1.165, 1.54) is 0 Å². The van der Waals surface area contributed by atoms with E-state index in [-0.39, 0.29) is 5.91 Å². The summed E-state index contributed by atoms with van der Waals surface area (Å²) in [5, 5.41) is 5.99. The van der Waals surface area contributed by atoms with E-state index in [9.17, 15) is 4.79 Å². The van der Waals surface area contributed by atoms with Crippen molar-refractivity contribution < 1.29 is 14.3 Å². The molecule has 0 aliphatic carbocycles. The molecule has 1 aliphatic rings. The molecule has 0 atom stereocenters. The maximum atomic E-state index is 11.7. The number of ether oxygens (including phenoxy) is 2. The average Bonchev–Trinajstić information content (AvgIpc) is 2.46. The Morgan fingerprint density at radius 1 is 1.33 bits per heavy atom. The van der Waals surface area contributed by atoms with Crippen molar-refractivity contribution in [2.75, 3.05) is 26.8 Å². The average molecular weight is 357 g/mol. The van der Waals surface area contributed by atoms with Crippen LogP contribution in [-0.4, -0.2) is 32.7 Å². The fraction of sp³-hybridized carbons (Fsp3) is 0.533. The van der Waals surface area contributed by atoms with E-state index in [4.69, 9.17) is 9.47 Å². The lowest BCUT2D eigenvalue weighted by Crippen LogP contribution is -2.41. The van der Waals surface area contributed by atoms with Crippen molar-refractivity contribution in [1.82, 2.24) is 10.6 Å². The molecule has 0 radical (unpaired) electrons. The summed E-state index contributed by atoms with van der Waals surface area (Å²) >= 11 is 3.50. The first-order valence-electron chi connectivity index (χ1n) is 6.95. The van der Waals surface area contributed by atoms with E-state index < -0.39 is 5.41 Å². The number of amides is 1. The minimum Gasteiger partial charge on any atom is -0.486 e. The van der Waals surface area contributed by atoms with Crippen LogP contribution in [0.25, 0.3) is 0 Å². The van der Waals surface area contributed by atoms with Gasteiger partial charge in [0.25, 0.3) is 0 Å². The molecule has 0 fully saturated rings. The van der Waals surface area contributed by atoms with Crippen LogP contribution in [-0.2, 0) is 11.3 Å². The highest BCUT2D eigenvalue weighted by molar-refractivity contribution is 9.10. The van der Waals surface area contributed by atoms with Gasteiger partial charge in [-0.3, -0.25) is 4.79 Å². The van der Waals surface area contributed by atoms with Gasteiger partial charge < -0.3 is 20.1 Å². The predicted octanol–water partition coefficient (Wildman–Crippen LogP) is 2.08. The third-order valence-electron chi connectivity index (χ3n) is 3.39. The fourth-order valence-corrected chi connectivity index (χ4v) is 2.81. The predicted molar refractivity (Wildman–Crippen MR) is 84.7 cm³/mol. The van der Waals surface area contributed by atoms with Crippen LogP contribution in [0.3, 0.4) is 0 Å². The van der Waals surface area contributed by atoms with Gasteiger partial charge in [-0.25, -0.2) is 0 Å². The Kier molecular flexibility index (Phi) is 5.11. The normalized spacial score (nSPS) is 13.9. The standard InChI is InChI=1S/C15H21BrN2O3/c1-15(2,14(19)17-3)9-18-8-10-6-11(16)13-12(7-10)20-4-5-21-13/h6-7,18H,4-5,8-9H2,1-3H3,(H,17,19). The van der Waals surface area contributed by atoms with Crippen molar-refractivity contribution >= 4 is 21.8 Å². The molecular formula is C15H21BrN2O3. The Morgan fingerprint density at radius 3 is 2.76 bits per heavy atom. The molecule has 1 aromatic carbocycles. The first-order valence-corrected chi connectivity index (χ1v) is 7.74. The van der Waals surface area contributed by atoms with Crippen LogP contribution in [0.15, 0.2) is 16.6 Å². The largest absolute Gasteiger partial charge is 0.486 e. The highest BCUT2D eigenvalue weighted by Gasteiger charge is 2.26. The van der Waals surface area contributed by atoms with E-state index in [1.54, 1.807) is 7.05 Å². The molecule has 0 spiro atoms. The van der Waals surface area contributed by atoms with Gasteiger partial charge in [0.2, 0.25) is 5.91 Å². The molecule has 116 valence electrons. The van der Waals surface area contributed by atoms with E-state index >= 15 is 0 Å². The quantitative estimate of drug-likeness (QED) is 0.847. The topological polar surface area (TPSA) is 59.6 Å². The Balaban J connectivity index is 1.98. The highest BCUT2D eigenvalue weighted by Crippen LogP contribution is 2.38. The highest BCUT2D eigenvalue weighted by atomic mass is 79.9. The Bertz CT molecular complexity index is 532. The number of rotatable bonds is 5. The number of nitrogens with one attached hydrogen (secondary N) is 2. The Labute approximate surface area is 133 Å². The second-order valence-corrected chi connectivity index (χ2v) is 6.52. The molecule has 5 nitrogen and oxygen atoms in total. The van der Waals surface area contributed by atoms with E-state index in [2.05, 4.69) is 26.6 Å². The summed E-state index contributed by atoms with van der Waals surface area (Å²) < 4.78 is 12.1. The van der Waals surface area contributed by atoms with Crippen molar-refractivity contribution in [3.05, 3.63) is 22.2 Å². The molecule has 1 aromatic rings. The van der Waals surface area contributed by atoms with Crippen LogP contribution in [0.4, 0.5) is 0 Å². The molecule has 21 heavy (non-hydrogen) atoms. The zero-order valence-electron chi connectivity index (χ0n) is 12.6. The van der Waals surface area contributed by atoms with Crippen LogP contribution < -0.4 is 20.1 Å². The molecule has 0 saturated carbocycles. The summed E-state index contributed by atoms with van der Waals surface area (Å²) in [6.45, 7) is 6.23. The maximum absolute atomic E-state index is 11.7. The molecule has 0 bridgehead atoms. The Morgan fingerprint density at radius 2 is 2.05 bits per heavy atom. The monoisotopic (exact) mass is 356 g/mol. The molecule has 0 saturated heterocycles. The second kappa shape index (κ2) is 6.66. The van der Waals surface area contributed by atoms with Crippen molar-refractivity contribution in [2.45, 2.75) is 20.4 Å². The van der Waals surface area contributed by atoms with Gasteiger partial charge in [-0.05, 0) is 47.5 Å². The summed E-state index contributed by atoms with van der Waals surface area (Å²) in [6, 6.07) is 3.98. The van der Waals surface area contributed by atoms with E-state index in [0.29, 0.717) is 26.3 Å². The van der Waals surface area contributed by atoms with Crippen LogP contribution >= 0.6 is 15.9 Å². The number of halogens is 1. The molecule has 1 aliphatic heterocycles. The van der Waals surface area contributed by atoms with Gasteiger partial charge in [-0.2, -0.15) is 0 Å². The number of carbonyl (C=O) groups excluding carboxylic acids is 1. The number of benzene rings is 1. The molecule has 0 unspecified atom stereocenters. The zero-order valence-corrected chi connectivity index (χ0v) is 14.2. The van der Waals surface area contributed by atoms with Crippen LogP contribution in [0.2, 0.25) is 0 Å². The lowest BCUT2D eigenvalue weighted by molar-refractivity contribution is -0.128. The lowest BCUT2D eigenvalue weighted by Gasteiger charge is -2.23. The summed E-state index contributed by atoms with van der Waals surface area (Å²) in [4.78, 5) is 11.7. The number of hydrogen-bond acceptors (Lipinski definition) is 4. The molecule has 1 heterocycles. The molecular weight excluding hydrogens is 336 g/mol. The number of carbonyl (C=O) groups is 1. The minimum atomic E-state index is -0.445. The maximum Gasteiger partial charge on any atom is 0.226 e. The smallest absolute Gasteiger partial charge is 0.226 e. The van der Waals surface area contributed by atoms with Gasteiger partial charge in [0.15, 0.2) is 11.5 Å². The first-order chi connectivity index (χ1) is 9.94. The summed E-state index contributed by atoms with van der Waals surface area (Å²) in [5.74, 6) is 1.55. The van der Waals surface area contributed by atoms with Gasteiger partial charge in [-0.1, -0.05) is 0 Å². The van der Waals surface area contributed by atoms with Crippen LogP contribution in [0.1, 0.15) is 19.4 Å². The zero-order chi connectivity index (χ0) is 15.5. The van der Waals surface area contributed by atoms with Gasteiger partial charge in [0, 0.05) is 20.1 Å².